The van der Waals surface area contributed by atoms with Gasteiger partial charge in [-0.2, -0.15) is 0 Å². The lowest BCUT2D eigenvalue weighted by molar-refractivity contribution is -0.128. The van der Waals surface area contributed by atoms with Crippen LogP contribution < -0.4 is 15.2 Å². The third-order valence-corrected chi connectivity index (χ3v) is 8.23. The summed E-state index contributed by atoms with van der Waals surface area (Å²) in [7, 11) is 1.68. The molecular formula is C27H28N4O3S2. The minimum absolute atomic E-state index is 0.0358. The Morgan fingerprint density at radius 3 is 2.56 bits per heavy atom. The lowest BCUT2D eigenvalue weighted by atomic mass is 10.1. The molecule has 3 heterocycles. The Kier molecular flexibility index (Phi) is 7.58. The number of thiophene rings is 1. The number of para-hydroxylation sites is 2. The number of hydrogen-bond acceptors (Lipinski definition) is 7. The van der Waals surface area contributed by atoms with Gasteiger partial charge in [0.1, 0.15) is 10.4 Å². The van der Waals surface area contributed by atoms with Crippen molar-refractivity contribution in [1.29, 1.82) is 0 Å². The summed E-state index contributed by atoms with van der Waals surface area (Å²) in [6.45, 7) is 3.32. The molecule has 1 aliphatic heterocycles. The normalized spacial score (nSPS) is 13.8. The number of benzene rings is 2. The van der Waals surface area contributed by atoms with Crippen LogP contribution in [0.3, 0.4) is 0 Å². The van der Waals surface area contributed by atoms with Gasteiger partial charge in [-0.3, -0.25) is 14.2 Å². The van der Waals surface area contributed by atoms with Crippen LogP contribution in [0.5, 0.6) is 5.75 Å². The van der Waals surface area contributed by atoms with Crippen LogP contribution in [-0.4, -0.2) is 59.4 Å². The van der Waals surface area contributed by atoms with Crippen LogP contribution in [0.2, 0.25) is 0 Å². The number of fused-ring (bicyclic) bond motifs is 1. The first-order valence-corrected chi connectivity index (χ1v) is 13.8. The fraction of sp³-hybridized carbons (Fsp3) is 0.296. The molecular weight excluding hydrogens is 492 g/mol. The predicted molar refractivity (Wildman–Crippen MR) is 147 cm³/mol. The SMILES string of the molecule is COc1ccccc1N1CCN(C(=O)CSc2nc3ccsc3c(=O)n2CCc2ccccc2)CC1. The molecule has 186 valence electrons. The molecule has 0 aliphatic carbocycles. The van der Waals surface area contributed by atoms with E-state index in [9.17, 15) is 9.59 Å². The molecule has 0 N–H and O–H groups in total. The zero-order chi connectivity index (χ0) is 24.9. The number of methoxy groups -OCH3 is 1. The Morgan fingerprint density at radius 2 is 1.78 bits per heavy atom. The minimum Gasteiger partial charge on any atom is -0.495 e. The van der Waals surface area contributed by atoms with E-state index in [-0.39, 0.29) is 17.2 Å². The molecule has 2 aromatic carbocycles. The molecule has 4 aromatic rings. The molecule has 0 unspecified atom stereocenters. The minimum atomic E-state index is -0.0358. The maximum Gasteiger partial charge on any atom is 0.272 e. The van der Waals surface area contributed by atoms with Crippen molar-refractivity contribution in [3.63, 3.8) is 0 Å². The number of ether oxygens (including phenoxy) is 1. The fourth-order valence-electron chi connectivity index (χ4n) is 4.42. The number of aromatic nitrogens is 2. The second-order valence-corrected chi connectivity index (χ2v) is 10.4. The van der Waals surface area contributed by atoms with Crippen molar-refractivity contribution in [3.8, 4) is 5.75 Å². The second kappa shape index (κ2) is 11.2. The summed E-state index contributed by atoms with van der Waals surface area (Å²) in [4.78, 5) is 35.2. The van der Waals surface area contributed by atoms with Gasteiger partial charge in [-0.15, -0.1) is 11.3 Å². The molecule has 5 rings (SSSR count). The molecule has 9 heteroatoms. The molecule has 0 saturated carbocycles. The van der Waals surface area contributed by atoms with Gasteiger partial charge in [0.05, 0.1) is 24.1 Å². The van der Waals surface area contributed by atoms with Crippen molar-refractivity contribution < 1.29 is 9.53 Å². The summed E-state index contributed by atoms with van der Waals surface area (Å²) in [5.41, 5.74) is 2.88. The van der Waals surface area contributed by atoms with Crippen LogP contribution in [0.1, 0.15) is 5.56 Å². The van der Waals surface area contributed by atoms with Gasteiger partial charge in [0.25, 0.3) is 5.56 Å². The smallest absolute Gasteiger partial charge is 0.272 e. The zero-order valence-electron chi connectivity index (χ0n) is 20.1. The molecule has 7 nitrogen and oxygen atoms in total. The fourth-order valence-corrected chi connectivity index (χ4v) is 6.13. The van der Waals surface area contributed by atoms with E-state index in [1.807, 2.05) is 58.8 Å². The molecule has 1 saturated heterocycles. The Bertz CT molecular complexity index is 1400. The molecule has 1 amide bonds. The van der Waals surface area contributed by atoms with E-state index >= 15 is 0 Å². The quantitative estimate of drug-likeness (QED) is 0.257. The van der Waals surface area contributed by atoms with Crippen LogP contribution in [0.25, 0.3) is 10.2 Å². The van der Waals surface area contributed by atoms with E-state index in [0.717, 1.165) is 36.5 Å². The van der Waals surface area contributed by atoms with E-state index in [1.165, 1.54) is 23.1 Å². The van der Waals surface area contributed by atoms with Crippen molar-refractivity contribution in [3.05, 3.63) is 82.0 Å². The molecule has 36 heavy (non-hydrogen) atoms. The van der Waals surface area contributed by atoms with Crippen LogP contribution in [0.15, 0.2) is 76.0 Å². The number of hydrogen-bond donors (Lipinski definition) is 0. The lowest BCUT2D eigenvalue weighted by Gasteiger charge is -2.36. The Labute approximate surface area is 218 Å². The molecule has 0 radical (unpaired) electrons. The number of carbonyl (C=O) groups is 1. The number of thioether (sulfide) groups is 1. The van der Waals surface area contributed by atoms with E-state index < -0.39 is 0 Å². The summed E-state index contributed by atoms with van der Waals surface area (Å²) in [6, 6.07) is 19.9. The number of amides is 1. The highest BCUT2D eigenvalue weighted by molar-refractivity contribution is 7.99. The van der Waals surface area contributed by atoms with Crippen LogP contribution in [0, 0.1) is 0 Å². The molecule has 1 fully saturated rings. The summed E-state index contributed by atoms with van der Waals surface area (Å²) in [5.74, 6) is 1.16. The van der Waals surface area contributed by atoms with E-state index in [4.69, 9.17) is 9.72 Å². The molecule has 0 bridgehead atoms. The van der Waals surface area contributed by atoms with Crippen molar-refractivity contribution in [1.82, 2.24) is 14.5 Å². The van der Waals surface area contributed by atoms with Crippen LogP contribution in [-0.2, 0) is 17.8 Å². The summed E-state index contributed by atoms with van der Waals surface area (Å²) in [5, 5.41) is 2.49. The van der Waals surface area contributed by atoms with Crippen LogP contribution >= 0.6 is 23.1 Å². The van der Waals surface area contributed by atoms with Crippen molar-refractivity contribution >= 4 is 44.9 Å². The number of piperazine rings is 1. The number of aryl methyl sites for hydroxylation is 1. The highest BCUT2D eigenvalue weighted by atomic mass is 32.2. The van der Waals surface area contributed by atoms with Gasteiger partial charge in [0.15, 0.2) is 5.16 Å². The molecule has 0 spiro atoms. The maximum absolute atomic E-state index is 13.2. The first-order chi connectivity index (χ1) is 17.6. The molecule has 0 atom stereocenters. The average molecular weight is 521 g/mol. The third kappa shape index (κ3) is 5.27. The maximum atomic E-state index is 13.2. The predicted octanol–water partition coefficient (Wildman–Crippen LogP) is 4.15. The van der Waals surface area contributed by atoms with Gasteiger partial charge in [-0.1, -0.05) is 54.2 Å². The highest BCUT2D eigenvalue weighted by Crippen LogP contribution is 2.28. The lowest BCUT2D eigenvalue weighted by Crippen LogP contribution is -2.49. The zero-order valence-corrected chi connectivity index (χ0v) is 21.8. The number of anilines is 1. The van der Waals surface area contributed by atoms with Gasteiger partial charge in [-0.25, -0.2) is 4.98 Å². The van der Waals surface area contributed by atoms with Gasteiger partial charge in [0.2, 0.25) is 5.91 Å². The third-order valence-electron chi connectivity index (χ3n) is 6.38. The van der Waals surface area contributed by atoms with E-state index in [2.05, 4.69) is 17.0 Å². The van der Waals surface area contributed by atoms with Gasteiger partial charge in [-0.05, 0) is 35.6 Å². The average Bonchev–Trinajstić information content (AvgIpc) is 3.41. The number of carbonyl (C=O) groups excluding carboxylic acids is 1. The standard InChI is InChI=1S/C27H28N4O3S2/c1-34-23-10-6-5-9-22(23)29-14-16-30(17-15-29)24(32)19-36-27-28-21-12-18-35-25(21)26(33)31(27)13-11-20-7-3-2-4-8-20/h2-10,12,18H,11,13-17,19H2,1H3. The first kappa shape index (κ1) is 24.4. The summed E-state index contributed by atoms with van der Waals surface area (Å²) < 4.78 is 7.88. The summed E-state index contributed by atoms with van der Waals surface area (Å²) in [6.07, 6.45) is 0.728. The van der Waals surface area contributed by atoms with Gasteiger partial charge < -0.3 is 14.5 Å². The first-order valence-electron chi connectivity index (χ1n) is 11.9. The second-order valence-electron chi connectivity index (χ2n) is 8.55. The Hall–Kier alpha value is -3.30. The summed E-state index contributed by atoms with van der Waals surface area (Å²) >= 11 is 2.76. The topological polar surface area (TPSA) is 67.7 Å². The molecule has 1 aliphatic rings. The molecule has 2 aromatic heterocycles. The largest absolute Gasteiger partial charge is 0.495 e. The van der Waals surface area contributed by atoms with Gasteiger partial charge in [0, 0.05) is 32.7 Å². The van der Waals surface area contributed by atoms with E-state index in [0.29, 0.717) is 35.0 Å². The van der Waals surface area contributed by atoms with Gasteiger partial charge >= 0.3 is 0 Å². The number of rotatable bonds is 8. The van der Waals surface area contributed by atoms with Crippen molar-refractivity contribution in [2.24, 2.45) is 0 Å². The monoisotopic (exact) mass is 520 g/mol. The Balaban J connectivity index is 1.25. The van der Waals surface area contributed by atoms with E-state index in [1.54, 1.807) is 11.7 Å². The van der Waals surface area contributed by atoms with Crippen molar-refractivity contribution in [2.45, 2.75) is 18.1 Å². The highest BCUT2D eigenvalue weighted by Gasteiger charge is 2.23. The Morgan fingerprint density at radius 1 is 1.03 bits per heavy atom. The van der Waals surface area contributed by atoms with Crippen LogP contribution in [0.4, 0.5) is 5.69 Å². The number of nitrogens with zero attached hydrogens (tertiary/aromatic N) is 4. The van der Waals surface area contributed by atoms with Crippen molar-refractivity contribution in [2.75, 3.05) is 43.9 Å².